The van der Waals surface area contributed by atoms with Gasteiger partial charge in [-0.3, -0.25) is 4.79 Å². The van der Waals surface area contributed by atoms with E-state index < -0.39 is 15.6 Å². The molecule has 8 heteroatoms. The highest BCUT2D eigenvalue weighted by Crippen LogP contribution is 2.26. The van der Waals surface area contributed by atoms with Crippen LogP contribution in [0.1, 0.15) is 20.8 Å². The first-order valence-corrected chi connectivity index (χ1v) is 8.16. The molecule has 20 heavy (non-hydrogen) atoms. The number of hydrogen-bond donors (Lipinski definition) is 3. The fraction of sp³-hybridized carbons (Fsp3) is 0.417. The largest absolute Gasteiger partial charge is 0.329 e. The van der Waals surface area contributed by atoms with Gasteiger partial charge in [-0.05, 0) is 48.0 Å². The lowest BCUT2D eigenvalue weighted by molar-refractivity contribution is -0.114. The van der Waals surface area contributed by atoms with Gasteiger partial charge in [-0.2, -0.15) is 0 Å². The van der Waals surface area contributed by atoms with Crippen LogP contribution in [-0.4, -0.2) is 26.4 Å². The summed E-state index contributed by atoms with van der Waals surface area (Å²) in [6.07, 6.45) is 0. The summed E-state index contributed by atoms with van der Waals surface area (Å²) in [5.74, 6) is -0.233. The topological polar surface area (TPSA) is 101 Å². The molecule has 6 nitrogen and oxygen atoms in total. The minimum Gasteiger partial charge on any atom is -0.329 e. The van der Waals surface area contributed by atoms with E-state index in [0.717, 1.165) is 0 Å². The van der Waals surface area contributed by atoms with Crippen LogP contribution in [-0.2, 0) is 14.8 Å². The average Bonchev–Trinajstić information content (AvgIpc) is 2.30. The second-order valence-electron chi connectivity index (χ2n) is 5.02. The van der Waals surface area contributed by atoms with Crippen molar-refractivity contribution in [2.24, 2.45) is 5.73 Å². The third kappa shape index (κ3) is 4.55. The maximum atomic E-state index is 12.2. The Hall–Kier alpha value is -0.960. The number of amides is 1. The number of anilines is 1. The zero-order chi connectivity index (χ0) is 15.6. The van der Waals surface area contributed by atoms with Gasteiger partial charge in [0.25, 0.3) is 0 Å². The van der Waals surface area contributed by atoms with E-state index in [1.165, 1.54) is 25.1 Å². The number of rotatable bonds is 5. The summed E-state index contributed by atoms with van der Waals surface area (Å²) in [5, 5.41) is 2.59. The van der Waals surface area contributed by atoms with Crippen LogP contribution in [0, 0.1) is 0 Å². The molecule has 4 N–H and O–H groups in total. The molecule has 0 atom stereocenters. The van der Waals surface area contributed by atoms with Crippen LogP contribution in [0.2, 0.25) is 0 Å². The monoisotopic (exact) mass is 363 g/mol. The van der Waals surface area contributed by atoms with E-state index in [1.54, 1.807) is 13.8 Å². The quantitative estimate of drug-likeness (QED) is 0.736. The Morgan fingerprint density at radius 3 is 2.45 bits per heavy atom. The Labute approximate surface area is 127 Å². The molecular formula is C12H18BrN3O3S. The zero-order valence-corrected chi connectivity index (χ0v) is 13.9. The van der Waals surface area contributed by atoms with Gasteiger partial charge in [0.1, 0.15) is 0 Å². The van der Waals surface area contributed by atoms with Crippen molar-refractivity contribution in [3.05, 3.63) is 22.7 Å². The van der Waals surface area contributed by atoms with Crippen LogP contribution in [0.3, 0.4) is 0 Å². The van der Waals surface area contributed by atoms with Crippen LogP contribution in [0.15, 0.2) is 27.6 Å². The van der Waals surface area contributed by atoms with E-state index in [0.29, 0.717) is 10.2 Å². The summed E-state index contributed by atoms with van der Waals surface area (Å²) in [4.78, 5) is 11.1. The minimum atomic E-state index is -3.67. The predicted molar refractivity (Wildman–Crippen MR) is 81.9 cm³/mol. The summed E-state index contributed by atoms with van der Waals surface area (Å²) in [7, 11) is -3.67. The SMILES string of the molecule is CC(=O)Nc1ccc(S(=O)(=O)NC(C)(C)CN)cc1Br. The van der Waals surface area contributed by atoms with Crippen LogP contribution in [0.25, 0.3) is 0 Å². The van der Waals surface area contributed by atoms with Gasteiger partial charge in [0.15, 0.2) is 0 Å². The number of carbonyl (C=O) groups excluding carboxylic acids is 1. The van der Waals surface area contributed by atoms with Crippen molar-refractivity contribution in [2.75, 3.05) is 11.9 Å². The third-order valence-corrected chi connectivity index (χ3v) is 4.83. The zero-order valence-electron chi connectivity index (χ0n) is 11.5. The molecule has 0 aliphatic carbocycles. The number of sulfonamides is 1. The highest BCUT2D eigenvalue weighted by atomic mass is 79.9. The third-order valence-electron chi connectivity index (χ3n) is 2.48. The van der Waals surface area contributed by atoms with Gasteiger partial charge < -0.3 is 11.1 Å². The van der Waals surface area contributed by atoms with Gasteiger partial charge in [-0.25, -0.2) is 13.1 Å². The van der Waals surface area contributed by atoms with Gasteiger partial charge in [0, 0.05) is 23.5 Å². The second kappa shape index (κ2) is 6.21. The smallest absolute Gasteiger partial charge is 0.241 e. The summed E-state index contributed by atoms with van der Waals surface area (Å²) < 4.78 is 27.4. The average molecular weight is 364 g/mol. The van der Waals surface area contributed by atoms with E-state index >= 15 is 0 Å². The first kappa shape index (κ1) is 17.1. The number of carbonyl (C=O) groups is 1. The molecule has 0 saturated carbocycles. The van der Waals surface area contributed by atoms with Crippen LogP contribution in [0.4, 0.5) is 5.69 Å². The summed E-state index contributed by atoms with van der Waals surface area (Å²) in [5.41, 5.74) is 5.29. The molecule has 112 valence electrons. The standard InChI is InChI=1S/C12H18BrN3O3S/c1-8(17)15-11-5-4-9(6-10(11)13)20(18,19)16-12(2,3)7-14/h4-6,16H,7,14H2,1-3H3,(H,15,17). The number of nitrogens with two attached hydrogens (primary N) is 1. The molecule has 1 rings (SSSR count). The maximum Gasteiger partial charge on any atom is 0.241 e. The molecule has 0 aliphatic heterocycles. The van der Waals surface area contributed by atoms with E-state index in [4.69, 9.17) is 5.73 Å². The lowest BCUT2D eigenvalue weighted by atomic mass is 10.1. The Morgan fingerprint density at radius 1 is 1.40 bits per heavy atom. The molecule has 1 aromatic rings. The first-order valence-electron chi connectivity index (χ1n) is 5.88. The predicted octanol–water partition coefficient (Wildman–Crippen LogP) is 1.42. The van der Waals surface area contributed by atoms with Crippen molar-refractivity contribution >= 4 is 37.5 Å². The molecule has 0 saturated heterocycles. The number of hydrogen-bond acceptors (Lipinski definition) is 4. The Kier molecular flexibility index (Phi) is 5.31. The fourth-order valence-electron chi connectivity index (χ4n) is 1.42. The van der Waals surface area contributed by atoms with Crippen molar-refractivity contribution in [1.82, 2.24) is 4.72 Å². The molecule has 1 aromatic carbocycles. The molecule has 0 spiro atoms. The van der Waals surface area contributed by atoms with Gasteiger partial charge >= 0.3 is 0 Å². The highest BCUT2D eigenvalue weighted by molar-refractivity contribution is 9.10. The van der Waals surface area contributed by atoms with E-state index in [2.05, 4.69) is 26.0 Å². The number of benzene rings is 1. The van der Waals surface area contributed by atoms with Gasteiger partial charge in [0.2, 0.25) is 15.9 Å². The van der Waals surface area contributed by atoms with Crippen molar-refractivity contribution in [3.63, 3.8) is 0 Å². The van der Waals surface area contributed by atoms with Crippen molar-refractivity contribution in [2.45, 2.75) is 31.2 Å². The molecule has 0 heterocycles. The van der Waals surface area contributed by atoms with E-state index in [1.807, 2.05) is 0 Å². The van der Waals surface area contributed by atoms with E-state index in [9.17, 15) is 13.2 Å². The summed E-state index contributed by atoms with van der Waals surface area (Å²) >= 11 is 3.23. The minimum absolute atomic E-state index is 0.0972. The van der Waals surface area contributed by atoms with Gasteiger partial charge in [-0.15, -0.1) is 0 Å². The molecule has 0 fully saturated rings. The maximum absolute atomic E-state index is 12.2. The molecule has 0 radical (unpaired) electrons. The number of nitrogens with one attached hydrogen (secondary N) is 2. The van der Waals surface area contributed by atoms with E-state index in [-0.39, 0.29) is 17.3 Å². The number of halogens is 1. The molecule has 0 bridgehead atoms. The molecule has 1 amide bonds. The fourth-order valence-corrected chi connectivity index (χ4v) is 3.50. The Morgan fingerprint density at radius 2 is 2.00 bits per heavy atom. The summed E-state index contributed by atoms with van der Waals surface area (Å²) in [6.45, 7) is 4.95. The lowest BCUT2D eigenvalue weighted by Crippen LogP contribution is -2.48. The summed E-state index contributed by atoms with van der Waals surface area (Å²) in [6, 6.07) is 4.38. The first-order chi connectivity index (χ1) is 9.07. The normalized spacial score (nSPS) is 12.2. The van der Waals surface area contributed by atoms with Crippen molar-refractivity contribution in [3.8, 4) is 0 Å². The van der Waals surface area contributed by atoms with Crippen molar-refractivity contribution in [1.29, 1.82) is 0 Å². The van der Waals surface area contributed by atoms with Crippen LogP contribution in [0.5, 0.6) is 0 Å². The van der Waals surface area contributed by atoms with Gasteiger partial charge in [0.05, 0.1) is 10.6 Å². The second-order valence-corrected chi connectivity index (χ2v) is 7.55. The lowest BCUT2D eigenvalue weighted by Gasteiger charge is -2.24. The Bertz CT molecular complexity index is 614. The molecular weight excluding hydrogens is 346 g/mol. The van der Waals surface area contributed by atoms with Crippen LogP contribution < -0.4 is 15.8 Å². The molecule has 0 unspecified atom stereocenters. The molecule has 0 aliphatic rings. The van der Waals surface area contributed by atoms with Gasteiger partial charge in [-0.1, -0.05) is 0 Å². The van der Waals surface area contributed by atoms with Crippen molar-refractivity contribution < 1.29 is 13.2 Å². The van der Waals surface area contributed by atoms with Crippen LogP contribution >= 0.6 is 15.9 Å². The highest BCUT2D eigenvalue weighted by Gasteiger charge is 2.25. The Balaban J connectivity index is 3.09. The molecule has 0 aromatic heterocycles.